The summed E-state index contributed by atoms with van der Waals surface area (Å²) in [6, 6.07) is 8.11. The SMILES string of the molecule is COC(=O)Cc1c(C)nc2[nH]c3ccccc3c2c1C. The molecule has 4 heteroatoms. The van der Waals surface area contributed by atoms with E-state index < -0.39 is 0 Å². The van der Waals surface area contributed by atoms with Gasteiger partial charge in [-0.1, -0.05) is 18.2 Å². The maximum absolute atomic E-state index is 11.6. The first kappa shape index (κ1) is 12.7. The summed E-state index contributed by atoms with van der Waals surface area (Å²) in [4.78, 5) is 19.5. The summed E-state index contributed by atoms with van der Waals surface area (Å²) in [5.74, 6) is -0.239. The second-order valence-corrected chi connectivity index (χ2v) is 4.95. The van der Waals surface area contributed by atoms with Crippen LogP contribution in [-0.4, -0.2) is 23.0 Å². The van der Waals surface area contributed by atoms with Gasteiger partial charge in [-0.05, 0) is 31.0 Å². The number of methoxy groups -OCH3 is 1. The maximum Gasteiger partial charge on any atom is 0.310 e. The largest absolute Gasteiger partial charge is 0.469 e. The molecule has 20 heavy (non-hydrogen) atoms. The van der Waals surface area contributed by atoms with Gasteiger partial charge in [-0.15, -0.1) is 0 Å². The summed E-state index contributed by atoms with van der Waals surface area (Å²) < 4.78 is 4.77. The zero-order valence-corrected chi connectivity index (χ0v) is 11.8. The maximum atomic E-state index is 11.6. The molecule has 102 valence electrons. The van der Waals surface area contributed by atoms with Crippen LogP contribution in [0.3, 0.4) is 0 Å². The molecular formula is C16H16N2O2. The third-order valence-corrected chi connectivity index (χ3v) is 3.78. The molecule has 0 aliphatic rings. The van der Waals surface area contributed by atoms with Crippen molar-refractivity contribution in [1.82, 2.24) is 9.97 Å². The zero-order valence-electron chi connectivity index (χ0n) is 11.8. The molecule has 3 rings (SSSR count). The van der Waals surface area contributed by atoms with E-state index in [1.807, 2.05) is 32.0 Å². The number of H-pyrrole nitrogens is 1. The number of nitrogens with zero attached hydrogens (tertiary/aromatic N) is 1. The van der Waals surface area contributed by atoms with Crippen molar-refractivity contribution >= 4 is 27.9 Å². The lowest BCUT2D eigenvalue weighted by Crippen LogP contribution is -2.08. The molecule has 1 N–H and O–H groups in total. The van der Waals surface area contributed by atoms with Crippen LogP contribution in [0.1, 0.15) is 16.8 Å². The van der Waals surface area contributed by atoms with E-state index in [0.29, 0.717) is 0 Å². The van der Waals surface area contributed by atoms with Crippen molar-refractivity contribution in [2.45, 2.75) is 20.3 Å². The monoisotopic (exact) mass is 268 g/mol. The first-order chi connectivity index (χ1) is 9.61. The second kappa shape index (κ2) is 4.63. The molecule has 0 aliphatic heterocycles. The average molecular weight is 268 g/mol. The predicted octanol–water partition coefficient (Wildman–Crippen LogP) is 3.05. The summed E-state index contributed by atoms with van der Waals surface area (Å²) in [6.45, 7) is 3.96. The number of pyridine rings is 1. The van der Waals surface area contributed by atoms with Crippen LogP contribution in [0.2, 0.25) is 0 Å². The van der Waals surface area contributed by atoms with Gasteiger partial charge >= 0.3 is 5.97 Å². The van der Waals surface area contributed by atoms with Crippen LogP contribution < -0.4 is 0 Å². The third-order valence-electron chi connectivity index (χ3n) is 3.78. The molecule has 3 aromatic rings. The number of fused-ring (bicyclic) bond motifs is 3. The van der Waals surface area contributed by atoms with Crippen LogP contribution in [0.5, 0.6) is 0 Å². The van der Waals surface area contributed by atoms with Crippen LogP contribution in [0.25, 0.3) is 21.9 Å². The summed E-state index contributed by atoms with van der Waals surface area (Å²) in [6.07, 6.45) is 0.261. The Morgan fingerprint density at radius 3 is 2.80 bits per heavy atom. The Hall–Kier alpha value is -2.36. The number of hydrogen-bond acceptors (Lipinski definition) is 3. The smallest absolute Gasteiger partial charge is 0.310 e. The lowest BCUT2D eigenvalue weighted by molar-refractivity contribution is -0.139. The second-order valence-electron chi connectivity index (χ2n) is 4.95. The van der Waals surface area contributed by atoms with Gasteiger partial charge in [-0.2, -0.15) is 0 Å². The number of nitrogens with one attached hydrogen (secondary N) is 1. The number of carbonyl (C=O) groups is 1. The van der Waals surface area contributed by atoms with E-state index in [-0.39, 0.29) is 12.4 Å². The molecule has 0 saturated heterocycles. The number of ether oxygens (including phenoxy) is 1. The van der Waals surface area contributed by atoms with Gasteiger partial charge < -0.3 is 9.72 Å². The molecule has 2 aromatic heterocycles. The van der Waals surface area contributed by atoms with Crippen molar-refractivity contribution in [2.75, 3.05) is 7.11 Å². The highest BCUT2D eigenvalue weighted by molar-refractivity contribution is 6.08. The quantitative estimate of drug-likeness (QED) is 0.727. The van der Waals surface area contributed by atoms with E-state index in [4.69, 9.17) is 4.74 Å². The topological polar surface area (TPSA) is 55.0 Å². The summed E-state index contributed by atoms with van der Waals surface area (Å²) in [5.41, 5.74) is 4.85. The van der Waals surface area contributed by atoms with E-state index in [2.05, 4.69) is 16.0 Å². The van der Waals surface area contributed by atoms with Crippen molar-refractivity contribution in [1.29, 1.82) is 0 Å². The van der Waals surface area contributed by atoms with E-state index >= 15 is 0 Å². The molecule has 0 unspecified atom stereocenters. The van der Waals surface area contributed by atoms with Gasteiger partial charge in [0.1, 0.15) is 5.65 Å². The lowest BCUT2D eigenvalue weighted by Gasteiger charge is -2.09. The highest BCUT2D eigenvalue weighted by Gasteiger charge is 2.16. The van der Waals surface area contributed by atoms with Gasteiger partial charge in [0.05, 0.1) is 13.5 Å². The number of aromatic amines is 1. The number of aryl methyl sites for hydroxylation is 2. The van der Waals surface area contributed by atoms with Crippen molar-refractivity contribution in [3.63, 3.8) is 0 Å². The minimum atomic E-state index is -0.239. The van der Waals surface area contributed by atoms with Gasteiger partial charge in [0.25, 0.3) is 0 Å². The van der Waals surface area contributed by atoms with Gasteiger partial charge in [-0.3, -0.25) is 4.79 Å². The molecule has 0 spiro atoms. The normalized spacial score (nSPS) is 11.2. The Morgan fingerprint density at radius 2 is 2.05 bits per heavy atom. The van der Waals surface area contributed by atoms with Gasteiger partial charge in [-0.25, -0.2) is 4.98 Å². The van der Waals surface area contributed by atoms with Crippen molar-refractivity contribution in [3.8, 4) is 0 Å². The number of carbonyl (C=O) groups excluding carboxylic acids is 1. The number of rotatable bonds is 2. The lowest BCUT2D eigenvalue weighted by atomic mass is 10.00. The zero-order chi connectivity index (χ0) is 14.3. The van der Waals surface area contributed by atoms with E-state index in [0.717, 1.165) is 38.8 Å². The summed E-state index contributed by atoms with van der Waals surface area (Å²) in [5, 5.41) is 2.23. The van der Waals surface area contributed by atoms with Crippen LogP contribution in [-0.2, 0) is 16.0 Å². The Morgan fingerprint density at radius 1 is 1.30 bits per heavy atom. The Balaban J connectivity index is 2.32. The van der Waals surface area contributed by atoms with Crippen molar-refractivity contribution in [3.05, 3.63) is 41.1 Å². The highest BCUT2D eigenvalue weighted by Crippen LogP contribution is 2.30. The Bertz CT molecular complexity index is 818. The fourth-order valence-electron chi connectivity index (χ4n) is 2.73. The molecule has 1 aromatic carbocycles. The molecule has 0 radical (unpaired) electrons. The number of aromatic nitrogens is 2. The highest BCUT2D eigenvalue weighted by atomic mass is 16.5. The fourth-order valence-corrected chi connectivity index (χ4v) is 2.73. The molecule has 4 nitrogen and oxygen atoms in total. The minimum Gasteiger partial charge on any atom is -0.469 e. The molecule has 0 bridgehead atoms. The first-order valence-electron chi connectivity index (χ1n) is 6.55. The molecule has 0 atom stereocenters. The summed E-state index contributed by atoms with van der Waals surface area (Å²) in [7, 11) is 1.41. The molecule has 0 fully saturated rings. The molecule has 2 heterocycles. The molecule has 0 amide bonds. The molecule has 0 aliphatic carbocycles. The third kappa shape index (κ3) is 1.84. The first-order valence-corrected chi connectivity index (χ1v) is 6.55. The van der Waals surface area contributed by atoms with Gasteiger partial charge in [0.2, 0.25) is 0 Å². The Kier molecular flexibility index (Phi) is 2.93. The molecular weight excluding hydrogens is 252 g/mol. The number of benzene rings is 1. The minimum absolute atomic E-state index is 0.239. The van der Waals surface area contributed by atoms with E-state index in [1.165, 1.54) is 7.11 Å². The number of hydrogen-bond donors (Lipinski definition) is 1. The predicted molar refractivity (Wildman–Crippen MR) is 78.8 cm³/mol. The van der Waals surface area contributed by atoms with E-state index in [9.17, 15) is 4.79 Å². The summed E-state index contributed by atoms with van der Waals surface area (Å²) >= 11 is 0. The van der Waals surface area contributed by atoms with Crippen LogP contribution >= 0.6 is 0 Å². The molecule has 0 saturated carbocycles. The van der Waals surface area contributed by atoms with Crippen LogP contribution in [0.4, 0.5) is 0 Å². The van der Waals surface area contributed by atoms with E-state index in [1.54, 1.807) is 0 Å². The average Bonchev–Trinajstić information content (AvgIpc) is 2.81. The van der Waals surface area contributed by atoms with Crippen LogP contribution in [0.15, 0.2) is 24.3 Å². The Labute approximate surface area is 116 Å². The van der Waals surface area contributed by atoms with Crippen LogP contribution in [0, 0.1) is 13.8 Å². The number of para-hydroxylation sites is 1. The van der Waals surface area contributed by atoms with Gasteiger partial charge in [0, 0.05) is 22.0 Å². The number of esters is 1. The fraction of sp³-hybridized carbons (Fsp3) is 0.250. The standard InChI is InChI=1S/C16H16N2O2/c1-9-12(8-14(19)20-3)10(2)17-16-15(9)11-6-4-5-7-13(11)18-16/h4-7H,8H2,1-3H3,(H,17,18). The van der Waals surface area contributed by atoms with Crippen molar-refractivity contribution in [2.24, 2.45) is 0 Å². The van der Waals surface area contributed by atoms with Crippen molar-refractivity contribution < 1.29 is 9.53 Å². The van der Waals surface area contributed by atoms with Gasteiger partial charge in [0.15, 0.2) is 0 Å².